The van der Waals surface area contributed by atoms with Gasteiger partial charge in [-0.15, -0.1) is 0 Å². The first kappa shape index (κ1) is 15.7. The van der Waals surface area contributed by atoms with Crippen molar-refractivity contribution in [2.24, 2.45) is 0 Å². The quantitative estimate of drug-likeness (QED) is 0.770. The molecule has 1 aromatic rings. The smallest absolute Gasteiger partial charge is 0.320 e. The molecule has 2 unspecified atom stereocenters. The van der Waals surface area contributed by atoms with Crippen molar-refractivity contribution >= 4 is 22.6 Å². The summed E-state index contributed by atoms with van der Waals surface area (Å²) in [4.78, 5) is 12.4. The van der Waals surface area contributed by atoms with E-state index in [4.69, 9.17) is 0 Å². The number of carbonyl (C=O) groups is 1. The SMILES string of the molecule is CPPN1CC[C@@](C)(c2cccc(C(F)(F)F)c2)C1=O. The summed E-state index contributed by atoms with van der Waals surface area (Å²) in [5.41, 5.74) is -1.06. The fraction of sp³-hybridized carbons (Fsp3) is 0.462. The second-order valence-corrected chi connectivity index (χ2v) is 8.41. The summed E-state index contributed by atoms with van der Waals surface area (Å²) in [5, 5.41) is 0. The highest BCUT2D eigenvalue weighted by molar-refractivity contribution is 8.10. The van der Waals surface area contributed by atoms with Gasteiger partial charge in [-0.1, -0.05) is 26.5 Å². The molecule has 1 fully saturated rings. The van der Waals surface area contributed by atoms with E-state index in [-0.39, 0.29) is 5.91 Å². The van der Waals surface area contributed by atoms with E-state index in [0.717, 1.165) is 12.1 Å². The largest absolute Gasteiger partial charge is 0.416 e. The molecule has 20 heavy (non-hydrogen) atoms. The molecule has 3 atom stereocenters. The van der Waals surface area contributed by atoms with Gasteiger partial charge in [0.25, 0.3) is 0 Å². The molecular formula is C13H16F3NOP2. The van der Waals surface area contributed by atoms with Crippen LogP contribution < -0.4 is 0 Å². The van der Waals surface area contributed by atoms with Crippen molar-refractivity contribution < 1.29 is 18.0 Å². The molecule has 0 N–H and O–H groups in total. The highest BCUT2D eigenvalue weighted by Crippen LogP contribution is 2.46. The standard InChI is InChI=1S/C13H16F3NOP2/c1-12(6-7-17(11(12)18)20-19-2)9-4-3-5-10(8-9)13(14,15)16/h3-5,8,19-20H,6-7H2,1-2H3/t12-/m0/s1. The zero-order chi connectivity index (χ0) is 15.0. The predicted molar refractivity (Wildman–Crippen MR) is 77.7 cm³/mol. The number of hydrogen-bond donors (Lipinski definition) is 0. The first-order chi connectivity index (χ1) is 9.29. The van der Waals surface area contributed by atoms with Crippen molar-refractivity contribution in [1.82, 2.24) is 4.67 Å². The van der Waals surface area contributed by atoms with Crippen molar-refractivity contribution in [2.45, 2.75) is 24.9 Å². The van der Waals surface area contributed by atoms with E-state index in [0.29, 0.717) is 35.2 Å². The van der Waals surface area contributed by atoms with Crippen LogP contribution in [0.5, 0.6) is 0 Å². The van der Waals surface area contributed by atoms with E-state index >= 15 is 0 Å². The van der Waals surface area contributed by atoms with Crippen LogP contribution in [0.25, 0.3) is 0 Å². The first-order valence-electron chi connectivity index (χ1n) is 6.21. The van der Waals surface area contributed by atoms with Gasteiger partial charge in [-0.25, -0.2) is 0 Å². The molecule has 0 bridgehead atoms. The Morgan fingerprint density at radius 2 is 2.05 bits per heavy atom. The molecule has 1 aliphatic rings. The second-order valence-electron chi connectivity index (χ2n) is 4.98. The maximum Gasteiger partial charge on any atom is 0.416 e. The van der Waals surface area contributed by atoms with Crippen LogP contribution in [0.15, 0.2) is 24.3 Å². The topological polar surface area (TPSA) is 20.3 Å². The number of hydrogen-bond acceptors (Lipinski definition) is 1. The number of rotatable bonds is 3. The van der Waals surface area contributed by atoms with Gasteiger partial charge in [0.2, 0.25) is 5.91 Å². The Balaban J connectivity index is 2.34. The number of amides is 1. The van der Waals surface area contributed by atoms with Gasteiger partial charge in [0, 0.05) is 15.0 Å². The van der Waals surface area contributed by atoms with Gasteiger partial charge in [0.05, 0.1) is 11.0 Å². The van der Waals surface area contributed by atoms with Crippen LogP contribution in [0.1, 0.15) is 24.5 Å². The molecular weight excluding hydrogens is 305 g/mol. The maximum atomic E-state index is 12.8. The predicted octanol–water partition coefficient (Wildman–Crippen LogP) is 4.01. The Morgan fingerprint density at radius 3 is 2.65 bits per heavy atom. The van der Waals surface area contributed by atoms with Crippen LogP contribution in [0.3, 0.4) is 0 Å². The third kappa shape index (κ3) is 2.84. The van der Waals surface area contributed by atoms with E-state index in [1.54, 1.807) is 17.7 Å². The second kappa shape index (κ2) is 5.61. The summed E-state index contributed by atoms with van der Waals surface area (Å²) >= 11 is 0. The first-order valence-corrected chi connectivity index (χ1v) is 9.66. The van der Waals surface area contributed by atoms with E-state index in [1.165, 1.54) is 6.07 Å². The fourth-order valence-electron chi connectivity index (χ4n) is 2.39. The Bertz CT molecular complexity index is 521. The maximum absolute atomic E-state index is 12.8. The van der Waals surface area contributed by atoms with Gasteiger partial charge in [0.15, 0.2) is 0 Å². The lowest BCUT2D eigenvalue weighted by molar-refractivity contribution is -0.138. The normalized spacial score (nSPS) is 24.6. The lowest BCUT2D eigenvalue weighted by Crippen LogP contribution is -2.32. The number of benzene rings is 1. The molecule has 0 spiro atoms. The molecule has 1 amide bonds. The number of halogens is 3. The minimum atomic E-state index is -4.37. The van der Waals surface area contributed by atoms with Gasteiger partial charge >= 0.3 is 6.18 Å². The third-order valence-electron chi connectivity index (χ3n) is 3.63. The summed E-state index contributed by atoms with van der Waals surface area (Å²) in [6.07, 6.45) is -3.80. The lowest BCUT2D eigenvalue weighted by atomic mass is 9.80. The monoisotopic (exact) mass is 321 g/mol. The zero-order valence-electron chi connectivity index (χ0n) is 11.2. The molecule has 1 saturated heterocycles. The summed E-state index contributed by atoms with van der Waals surface area (Å²) in [5.74, 6) is -0.0514. The highest BCUT2D eigenvalue weighted by atomic mass is 32.0. The lowest BCUT2D eigenvalue weighted by Gasteiger charge is -2.24. The van der Waals surface area contributed by atoms with Crippen molar-refractivity contribution in [3.8, 4) is 0 Å². The van der Waals surface area contributed by atoms with Gasteiger partial charge in [-0.05, 0) is 31.6 Å². The van der Waals surface area contributed by atoms with E-state index in [1.807, 2.05) is 6.66 Å². The third-order valence-corrected chi connectivity index (χ3v) is 6.03. The molecule has 7 heteroatoms. The summed E-state index contributed by atoms with van der Waals surface area (Å²) in [6.45, 7) is 4.39. The average Bonchev–Trinajstić information content (AvgIpc) is 2.68. The van der Waals surface area contributed by atoms with Crippen LogP contribution in [0.2, 0.25) is 0 Å². The van der Waals surface area contributed by atoms with E-state index in [9.17, 15) is 18.0 Å². The van der Waals surface area contributed by atoms with Gasteiger partial charge in [-0.3, -0.25) is 4.79 Å². The van der Waals surface area contributed by atoms with Crippen molar-refractivity contribution in [3.05, 3.63) is 35.4 Å². The van der Waals surface area contributed by atoms with Gasteiger partial charge in [0.1, 0.15) is 0 Å². The van der Waals surface area contributed by atoms with Crippen LogP contribution in [0.4, 0.5) is 13.2 Å². The summed E-state index contributed by atoms with van der Waals surface area (Å²) in [7, 11) is 1.09. The van der Waals surface area contributed by atoms with Crippen molar-refractivity contribution in [3.63, 3.8) is 0 Å². The van der Waals surface area contributed by atoms with Gasteiger partial charge < -0.3 is 4.67 Å². The Morgan fingerprint density at radius 1 is 1.35 bits per heavy atom. The minimum Gasteiger partial charge on any atom is -0.320 e. The Labute approximate surface area is 119 Å². The molecule has 0 aromatic heterocycles. The van der Waals surface area contributed by atoms with Crippen LogP contribution >= 0.6 is 16.7 Å². The Kier molecular flexibility index (Phi) is 4.41. The minimum absolute atomic E-state index is 0.0514. The van der Waals surface area contributed by atoms with E-state index < -0.39 is 17.2 Å². The molecule has 0 saturated carbocycles. The highest BCUT2D eigenvalue weighted by Gasteiger charge is 2.44. The number of nitrogens with zero attached hydrogens (tertiary/aromatic N) is 1. The zero-order valence-corrected chi connectivity index (χ0v) is 13.2. The van der Waals surface area contributed by atoms with Crippen LogP contribution in [-0.4, -0.2) is 23.8 Å². The number of alkyl halides is 3. The Hall–Kier alpha value is -0.660. The van der Waals surface area contributed by atoms with Crippen molar-refractivity contribution in [1.29, 1.82) is 0 Å². The molecule has 1 aliphatic heterocycles. The fourth-order valence-corrected chi connectivity index (χ4v) is 4.68. The summed E-state index contributed by atoms with van der Waals surface area (Å²) < 4.78 is 40.1. The van der Waals surface area contributed by atoms with Crippen LogP contribution in [-0.2, 0) is 16.4 Å². The molecule has 1 heterocycles. The summed E-state index contributed by atoms with van der Waals surface area (Å²) in [6, 6.07) is 5.15. The van der Waals surface area contributed by atoms with Crippen molar-refractivity contribution in [2.75, 3.05) is 13.2 Å². The average molecular weight is 321 g/mol. The molecule has 0 aliphatic carbocycles. The van der Waals surface area contributed by atoms with E-state index in [2.05, 4.69) is 0 Å². The van der Waals surface area contributed by atoms with Gasteiger partial charge in [-0.2, -0.15) is 13.2 Å². The molecule has 110 valence electrons. The molecule has 0 radical (unpaired) electrons. The van der Waals surface area contributed by atoms with Crippen LogP contribution in [0, 0.1) is 0 Å². The molecule has 1 aromatic carbocycles. The number of carbonyl (C=O) groups excluding carboxylic acids is 1. The molecule has 2 nitrogen and oxygen atoms in total. The molecule has 2 rings (SSSR count).